The van der Waals surface area contributed by atoms with E-state index in [9.17, 15) is 35.9 Å². The maximum atomic E-state index is 14.1. The lowest BCUT2D eigenvalue weighted by Gasteiger charge is -2.32. The fraction of sp³-hybridized carbons (Fsp3) is 0.310. The fourth-order valence-corrected chi connectivity index (χ4v) is 4.11. The minimum atomic E-state index is -5.13. The molecule has 1 unspecified atom stereocenters. The number of alkyl halides is 6. The molecule has 0 aromatic heterocycles. The SMILES string of the molecule is COc1ccc(C(C)C)cc1-c1ccc(C(F)(F)F)cc1CNC(=O)OC(C)(c1cccc(C(N)=O)c1)C(F)(F)F. The normalized spacial score (nSPS) is 13.4. The van der Waals surface area contributed by atoms with Gasteiger partial charge in [-0.2, -0.15) is 26.3 Å². The van der Waals surface area contributed by atoms with Crippen LogP contribution in [0.1, 0.15) is 59.3 Å². The summed E-state index contributed by atoms with van der Waals surface area (Å²) in [5.41, 5.74) is 1.64. The summed E-state index contributed by atoms with van der Waals surface area (Å²) < 4.78 is 93.3. The highest BCUT2D eigenvalue weighted by molar-refractivity contribution is 5.93. The Hall–Kier alpha value is -4.22. The van der Waals surface area contributed by atoms with E-state index in [2.05, 4.69) is 5.32 Å². The standard InChI is InChI=1S/C29H28F6N2O4/c1-16(2)17-8-11-24(40-4)23(14-17)22-10-9-21(28(30,31)32)13-19(22)15-37-26(39)41-27(3,29(33,34)35)20-7-5-6-18(12-20)25(36)38/h5-14,16H,15H2,1-4H3,(H2,36,38)(H,37,39). The van der Waals surface area contributed by atoms with Gasteiger partial charge in [-0.05, 0) is 65.9 Å². The van der Waals surface area contributed by atoms with Crippen molar-refractivity contribution < 1.29 is 45.4 Å². The van der Waals surface area contributed by atoms with Crippen LogP contribution in [-0.2, 0) is 23.1 Å². The zero-order chi connectivity index (χ0) is 30.8. The summed E-state index contributed by atoms with van der Waals surface area (Å²) in [7, 11) is 1.39. The van der Waals surface area contributed by atoms with Crippen LogP contribution >= 0.6 is 0 Å². The van der Waals surface area contributed by atoms with Crippen molar-refractivity contribution in [1.82, 2.24) is 5.32 Å². The topological polar surface area (TPSA) is 90.7 Å². The monoisotopic (exact) mass is 582 g/mol. The number of methoxy groups -OCH3 is 1. The quantitative estimate of drug-likeness (QED) is 0.273. The van der Waals surface area contributed by atoms with Crippen LogP contribution in [0.25, 0.3) is 11.1 Å². The van der Waals surface area contributed by atoms with E-state index >= 15 is 0 Å². The predicted molar refractivity (Wildman–Crippen MR) is 139 cm³/mol. The van der Waals surface area contributed by atoms with Crippen LogP contribution in [0, 0.1) is 0 Å². The first kappa shape index (κ1) is 31.3. The molecule has 3 aromatic rings. The molecule has 0 radical (unpaired) electrons. The molecular formula is C29H28F6N2O4. The van der Waals surface area contributed by atoms with E-state index in [1.807, 2.05) is 13.8 Å². The number of carbonyl (C=O) groups is 2. The third-order valence-electron chi connectivity index (χ3n) is 6.57. The van der Waals surface area contributed by atoms with E-state index in [0.717, 1.165) is 35.9 Å². The average Bonchev–Trinajstić information content (AvgIpc) is 2.90. The van der Waals surface area contributed by atoms with E-state index in [1.54, 1.807) is 18.2 Å². The number of carbonyl (C=O) groups excluding carboxylic acids is 2. The van der Waals surface area contributed by atoms with E-state index in [0.29, 0.717) is 18.2 Å². The second kappa shape index (κ2) is 11.7. The van der Waals surface area contributed by atoms with Gasteiger partial charge in [0, 0.05) is 23.2 Å². The molecule has 0 saturated carbocycles. The molecule has 3 N–H and O–H groups in total. The number of hydrogen-bond donors (Lipinski definition) is 2. The van der Waals surface area contributed by atoms with Crippen LogP contribution < -0.4 is 15.8 Å². The van der Waals surface area contributed by atoms with Crippen LogP contribution in [0.5, 0.6) is 5.75 Å². The highest BCUT2D eigenvalue weighted by atomic mass is 19.4. The molecule has 6 nitrogen and oxygen atoms in total. The van der Waals surface area contributed by atoms with Crippen molar-refractivity contribution in [3.63, 3.8) is 0 Å². The third kappa shape index (κ3) is 6.93. The number of alkyl carbamates (subject to hydrolysis) is 1. The van der Waals surface area contributed by atoms with Gasteiger partial charge in [0.1, 0.15) is 5.75 Å². The number of amides is 2. The van der Waals surface area contributed by atoms with Gasteiger partial charge in [-0.25, -0.2) is 4.79 Å². The van der Waals surface area contributed by atoms with Crippen LogP contribution in [0.2, 0.25) is 0 Å². The third-order valence-corrected chi connectivity index (χ3v) is 6.57. The number of hydrogen-bond acceptors (Lipinski definition) is 4. The number of nitrogens with two attached hydrogens (primary N) is 1. The molecule has 0 saturated heterocycles. The predicted octanol–water partition coefficient (Wildman–Crippen LogP) is 7.31. The molecule has 41 heavy (non-hydrogen) atoms. The first-order valence-corrected chi connectivity index (χ1v) is 12.3. The Labute approximate surface area is 232 Å². The summed E-state index contributed by atoms with van der Waals surface area (Å²) in [6.45, 7) is 3.83. The van der Waals surface area contributed by atoms with Gasteiger partial charge in [-0.3, -0.25) is 4.79 Å². The van der Waals surface area contributed by atoms with Gasteiger partial charge in [0.05, 0.1) is 12.7 Å². The maximum absolute atomic E-state index is 14.1. The van der Waals surface area contributed by atoms with Gasteiger partial charge in [0.25, 0.3) is 0 Å². The lowest BCUT2D eigenvalue weighted by molar-refractivity contribution is -0.257. The molecule has 0 heterocycles. The molecule has 3 rings (SSSR count). The maximum Gasteiger partial charge on any atom is 0.432 e. The second-order valence-electron chi connectivity index (χ2n) is 9.70. The van der Waals surface area contributed by atoms with Crippen LogP contribution in [0.3, 0.4) is 0 Å². The van der Waals surface area contributed by atoms with Crippen molar-refractivity contribution in [2.75, 3.05) is 7.11 Å². The summed E-state index contributed by atoms with van der Waals surface area (Å²) in [5.74, 6) is -0.578. The summed E-state index contributed by atoms with van der Waals surface area (Å²) in [6, 6.07) is 12.3. The number of primary amides is 1. The van der Waals surface area contributed by atoms with Crippen LogP contribution in [-0.4, -0.2) is 25.3 Å². The van der Waals surface area contributed by atoms with E-state index < -0.39 is 47.6 Å². The lowest BCUT2D eigenvalue weighted by Crippen LogP contribution is -2.46. The van der Waals surface area contributed by atoms with Crippen molar-refractivity contribution in [2.45, 2.75) is 51.2 Å². The van der Waals surface area contributed by atoms with Gasteiger partial charge in [-0.15, -0.1) is 0 Å². The van der Waals surface area contributed by atoms with E-state index in [4.69, 9.17) is 15.2 Å². The Morgan fingerprint density at radius 1 is 0.902 bits per heavy atom. The number of benzene rings is 3. The van der Waals surface area contributed by atoms with Gasteiger partial charge >= 0.3 is 18.4 Å². The summed E-state index contributed by atoms with van der Waals surface area (Å²) in [4.78, 5) is 24.2. The molecule has 0 aliphatic carbocycles. The largest absolute Gasteiger partial charge is 0.496 e. The van der Waals surface area contributed by atoms with Crippen LogP contribution in [0.15, 0.2) is 60.7 Å². The minimum Gasteiger partial charge on any atom is -0.496 e. The summed E-state index contributed by atoms with van der Waals surface area (Å²) >= 11 is 0. The number of nitrogens with one attached hydrogen (secondary N) is 1. The van der Waals surface area contributed by atoms with Crippen molar-refractivity contribution in [2.24, 2.45) is 5.73 Å². The van der Waals surface area contributed by atoms with Gasteiger partial charge < -0.3 is 20.5 Å². The molecule has 3 aromatic carbocycles. The number of rotatable bonds is 8. The Kier molecular flexibility index (Phi) is 8.95. The molecule has 0 bridgehead atoms. The highest BCUT2D eigenvalue weighted by Gasteiger charge is 2.56. The fourth-order valence-electron chi connectivity index (χ4n) is 4.11. The molecule has 1 atom stereocenters. The van der Waals surface area contributed by atoms with Crippen molar-refractivity contribution >= 4 is 12.0 Å². The Bertz CT molecular complexity index is 1440. The van der Waals surface area contributed by atoms with Crippen molar-refractivity contribution in [3.05, 3.63) is 88.5 Å². The molecule has 0 aliphatic heterocycles. The van der Waals surface area contributed by atoms with Gasteiger partial charge in [-0.1, -0.05) is 38.1 Å². The van der Waals surface area contributed by atoms with Crippen molar-refractivity contribution in [1.29, 1.82) is 0 Å². The first-order valence-electron chi connectivity index (χ1n) is 12.3. The molecule has 2 amide bonds. The molecule has 0 spiro atoms. The molecule has 0 aliphatic rings. The molecule has 220 valence electrons. The lowest BCUT2D eigenvalue weighted by atomic mass is 9.92. The van der Waals surface area contributed by atoms with Crippen LogP contribution in [0.4, 0.5) is 31.1 Å². The molecule has 0 fully saturated rings. The minimum absolute atomic E-state index is 0.0413. The first-order chi connectivity index (χ1) is 19.0. The second-order valence-corrected chi connectivity index (χ2v) is 9.70. The molecule has 12 heteroatoms. The summed E-state index contributed by atoms with van der Waals surface area (Å²) in [6.07, 6.45) is -11.4. The van der Waals surface area contributed by atoms with Gasteiger partial charge in [0.2, 0.25) is 11.5 Å². The highest BCUT2D eigenvalue weighted by Crippen LogP contribution is 2.43. The molecular weight excluding hydrogens is 554 g/mol. The zero-order valence-corrected chi connectivity index (χ0v) is 22.5. The van der Waals surface area contributed by atoms with E-state index in [-0.39, 0.29) is 22.6 Å². The van der Waals surface area contributed by atoms with Gasteiger partial charge in [0.15, 0.2) is 0 Å². The Morgan fingerprint density at radius 2 is 1.59 bits per heavy atom. The Morgan fingerprint density at radius 3 is 2.15 bits per heavy atom. The Balaban J connectivity index is 2.00. The number of ether oxygens (including phenoxy) is 2. The van der Waals surface area contributed by atoms with E-state index in [1.165, 1.54) is 19.2 Å². The zero-order valence-electron chi connectivity index (χ0n) is 22.5. The average molecular weight is 583 g/mol. The van der Waals surface area contributed by atoms with Crippen molar-refractivity contribution in [3.8, 4) is 16.9 Å². The number of halogens is 6. The smallest absolute Gasteiger partial charge is 0.432 e. The summed E-state index contributed by atoms with van der Waals surface area (Å²) in [5, 5.41) is 2.14.